The van der Waals surface area contributed by atoms with Crippen LogP contribution in [-0.2, 0) is 14.3 Å². The van der Waals surface area contributed by atoms with Crippen LogP contribution in [0.1, 0.15) is 47.0 Å². The molecule has 21 heavy (non-hydrogen) atoms. The SMILES string of the molecule is CCOCCN1C(=O)C(C)(C2CC2)NC(=O)C1C(C)CC. The van der Waals surface area contributed by atoms with E-state index in [0.29, 0.717) is 25.7 Å². The fourth-order valence-corrected chi connectivity index (χ4v) is 3.22. The quantitative estimate of drug-likeness (QED) is 0.725. The Kier molecular flexibility index (Phi) is 4.91. The fraction of sp³-hybridized carbons (Fsp3) is 0.875. The molecule has 1 saturated heterocycles. The summed E-state index contributed by atoms with van der Waals surface area (Å²) in [5.74, 6) is 0.505. The highest BCUT2D eigenvalue weighted by molar-refractivity contribution is 6.00. The van der Waals surface area contributed by atoms with E-state index in [-0.39, 0.29) is 23.8 Å². The highest BCUT2D eigenvalue weighted by atomic mass is 16.5. The van der Waals surface area contributed by atoms with Crippen LogP contribution in [0.15, 0.2) is 0 Å². The summed E-state index contributed by atoms with van der Waals surface area (Å²) in [5, 5.41) is 3.02. The van der Waals surface area contributed by atoms with Crippen LogP contribution in [-0.4, -0.2) is 48.1 Å². The Labute approximate surface area is 127 Å². The molecule has 2 amide bonds. The minimum Gasteiger partial charge on any atom is -0.380 e. The number of carbonyl (C=O) groups excluding carboxylic acids is 2. The number of nitrogens with one attached hydrogen (secondary N) is 1. The number of piperazine rings is 1. The molecule has 5 nitrogen and oxygen atoms in total. The largest absolute Gasteiger partial charge is 0.380 e. The van der Waals surface area contributed by atoms with Crippen molar-refractivity contribution in [3.05, 3.63) is 0 Å². The van der Waals surface area contributed by atoms with Gasteiger partial charge in [-0.15, -0.1) is 0 Å². The van der Waals surface area contributed by atoms with Gasteiger partial charge in [-0.1, -0.05) is 20.3 Å². The predicted octanol–water partition coefficient (Wildman–Crippen LogP) is 1.56. The Balaban J connectivity index is 2.20. The van der Waals surface area contributed by atoms with Crippen LogP contribution in [0.25, 0.3) is 0 Å². The van der Waals surface area contributed by atoms with Crippen LogP contribution in [0.3, 0.4) is 0 Å². The van der Waals surface area contributed by atoms with Gasteiger partial charge in [-0.2, -0.15) is 0 Å². The highest BCUT2D eigenvalue weighted by Crippen LogP contribution is 2.42. The molecular formula is C16H28N2O3. The van der Waals surface area contributed by atoms with E-state index in [4.69, 9.17) is 4.74 Å². The van der Waals surface area contributed by atoms with Gasteiger partial charge in [-0.25, -0.2) is 0 Å². The lowest BCUT2D eigenvalue weighted by atomic mass is 9.85. The molecule has 2 rings (SSSR count). The predicted molar refractivity (Wildman–Crippen MR) is 80.7 cm³/mol. The van der Waals surface area contributed by atoms with E-state index in [1.165, 1.54) is 0 Å². The molecule has 0 aromatic heterocycles. The first-order valence-electron chi connectivity index (χ1n) is 8.16. The molecule has 0 aromatic rings. The second-order valence-corrected chi connectivity index (χ2v) is 6.49. The molecule has 0 bridgehead atoms. The van der Waals surface area contributed by atoms with Gasteiger partial charge in [0, 0.05) is 13.2 Å². The third-order valence-corrected chi connectivity index (χ3v) is 4.95. The molecule has 1 aliphatic heterocycles. The van der Waals surface area contributed by atoms with E-state index in [1.54, 1.807) is 4.90 Å². The normalized spacial score (nSPS) is 31.2. The maximum atomic E-state index is 13.0. The molecule has 3 unspecified atom stereocenters. The van der Waals surface area contributed by atoms with E-state index in [1.807, 2.05) is 20.8 Å². The molecule has 0 aromatic carbocycles. The van der Waals surface area contributed by atoms with Crippen molar-refractivity contribution < 1.29 is 14.3 Å². The van der Waals surface area contributed by atoms with Crippen molar-refractivity contribution >= 4 is 11.8 Å². The first-order chi connectivity index (χ1) is 9.95. The van der Waals surface area contributed by atoms with E-state index in [9.17, 15) is 9.59 Å². The number of hydrogen-bond donors (Lipinski definition) is 1. The third-order valence-electron chi connectivity index (χ3n) is 4.95. The fourth-order valence-electron chi connectivity index (χ4n) is 3.22. The van der Waals surface area contributed by atoms with E-state index in [2.05, 4.69) is 12.2 Å². The second kappa shape index (κ2) is 6.34. The van der Waals surface area contributed by atoms with Crippen LogP contribution in [0.2, 0.25) is 0 Å². The molecule has 5 heteroatoms. The number of nitrogens with zero attached hydrogens (tertiary/aromatic N) is 1. The van der Waals surface area contributed by atoms with Gasteiger partial charge in [0.2, 0.25) is 11.8 Å². The second-order valence-electron chi connectivity index (χ2n) is 6.49. The van der Waals surface area contributed by atoms with Crippen LogP contribution in [0.4, 0.5) is 0 Å². The Bertz CT molecular complexity index is 408. The molecule has 1 heterocycles. The van der Waals surface area contributed by atoms with Gasteiger partial charge in [0.25, 0.3) is 0 Å². The summed E-state index contributed by atoms with van der Waals surface area (Å²) in [7, 11) is 0. The van der Waals surface area contributed by atoms with Crippen molar-refractivity contribution in [3.8, 4) is 0 Å². The van der Waals surface area contributed by atoms with Crippen molar-refractivity contribution in [2.24, 2.45) is 11.8 Å². The van der Waals surface area contributed by atoms with Crippen LogP contribution < -0.4 is 5.32 Å². The summed E-state index contributed by atoms with van der Waals surface area (Å²) in [4.78, 5) is 27.3. The summed E-state index contributed by atoms with van der Waals surface area (Å²) in [5.41, 5.74) is -0.715. The van der Waals surface area contributed by atoms with Crippen LogP contribution in [0.5, 0.6) is 0 Å². The van der Waals surface area contributed by atoms with Gasteiger partial charge in [0.1, 0.15) is 11.6 Å². The van der Waals surface area contributed by atoms with Crippen molar-refractivity contribution in [2.75, 3.05) is 19.8 Å². The maximum Gasteiger partial charge on any atom is 0.249 e. The smallest absolute Gasteiger partial charge is 0.249 e. The molecule has 1 saturated carbocycles. The van der Waals surface area contributed by atoms with Crippen LogP contribution >= 0.6 is 0 Å². The van der Waals surface area contributed by atoms with Gasteiger partial charge < -0.3 is 15.0 Å². The molecule has 1 N–H and O–H groups in total. The number of rotatable bonds is 7. The maximum absolute atomic E-state index is 13.0. The summed E-state index contributed by atoms with van der Waals surface area (Å²) in [6.07, 6.45) is 2.92. The zero-order chi connectivity index (χ0) is 15.6. The lowest BCUT2D eigenvalue weighted by Gasteiger charge is -2.46. The van der Waals surface area contributed by atoms with Gasteiger partial charge in [0.15, 0.2) is 0 Å². The van der Waals surface area contributed by atoms with Crippen molar-refractivity contribution in [2.45, 2.75) is 58.5 Å². The minimum absolute atomic E-state index is 0.00477. The third kappa shape index (κ3) is 3.07. The number of ether oxygens (including phenoxy) is 1. The molecule has 120 valence electrons. The topological polar surface area (TPSA) is 58.6 Å². The van der Waals surface area contributed by atoms with Crippen molar-refractivity contribution in [1.29, 1.82) is 0 Å². The zero-order valence-electron chi connectivity index (χ0n) is 13.6. The average Bonchev–Trinajstić information content (AvgIpc) is 3.28. The molecule has 2 aliphatic rings. The van der Waals surface area contributed by atoms with E-state index < -0.39 is 5.54 Å². The monoisotopic (exact) mass is 296 g/mol. The molecular weight excluding hydrogens is 268 g/mol. The first-order valence-corrected chi connectivity index (χ1v) is 8.16. The van der Waals surface area contributed by atoms with Gasteiger partial charge in [0.05, 0.1) is 6.61 Å². The number of carbonyl (C=O) groups is 2. The van der Waals surface area contributed by atoms with E-state index in [0.717, 1.165) is 19.3 Å². The molecule has 3 atom stereocenters. The Morgan fingerprint density at radius 1 is 1.38 bits per heavy atom. The van der Waals surface area contributed by atoms with Crippen LogP contribution in [0, 0.1) is 11.8 Å². The first kappa shape index (κ1) is 16.3. The van der Waals surface area contributed by atoms with Gasteiger partial charge >= 0.3 is 0 Å². The Morgan fingerprint density at radius 2 is 2.05 bits per heavy atom. The summed E-state index contributed by atoms with van der Waals surface area (Å²) in [6, 6.07) is -0.366. The zero-order valence-corrected chi connectivity index (χ0v) is 13.6. The molecule has 2 fully saturated rings. The molecule has 0 spiro atoms. The van der Waals surface area contributed by atoms with Gasteiger partial charge in [-0.05, 0) is 38.5 Å². The summed E-state index contributed by atoms with van der Waals surface area (Å²) < 4.78 is 5.40. The van der Waals surface area contributed by atoms with Crippen molar-refractivity contribution in [3.63, 3.8) is 0 Å². The molecule has 1 aliphatic carbocycles. The summed E-state index contributed by atoms with van der Waals surface area (Å²) >= 11 is 0. The Morgan fingerprint density at radius 3 is 2.57 bits per heavy atom. The summed E-state index contributed by atoms with van der Waals surface area (Å²) in [6.45, 7) is 9.52. The lowest BCUT2D eigenvalue weighted by Crippen LogP contribution is -2.71. The van der Waals surface area contributed by atoms with Gasteiger partial charge in [-0.3, -0.25) is 9.59 Å². The Hall–Kier alpha value is -1.10. The average molecular weight is 296 g/mol. The number of hydrogen-bond acceptors (Lipinski definition) is 3. The molecule has 0 radical (unpaired) electrons. The highest BCUT2D eigenvalue weighted by Gasteiger charge is 2.55. The van der Waals surface area contributed by atoms with Crippen molar-refractivity contribution in [1.82, 2.24) is 10.2 Å². The lowest BCUT2D eigenvalue weighted by molar-refractivity contribution is -0.158. The minimum atomic E-state index is -0.715. The number of amides is 2. The standard InChI is InChI=1S/C16H28N2O3/c1-5-11(3)13-14(19)17-16(4,12-7-8-12)15(20)18(13)9-10-21-6-2/h11-13H,5-10H2,1-4H3,(H,17,19). The van der Waals surface area contributed by atoms with E-state index >= 15 is 0 Å².